The molecule has 0 saturated heterocycles. The lowest BCUT2D eigenvalue weighted by atomic mass is 9.84. The van der Waals surface area contributed by atoms with E-state index >= 15 is 0 Å². The first-order valence-electron chi connectivity index (χ1n) is 14.4. The smallest absolute Gasteiger partial charge is 0.0866 e. The van der Waals surface area contributed by atoms with Crippen molar-refractivity contribution in [1.82, 2.24) is 4.98 Å². The zero-order valence-corrected chi connectivity index (χ0v) is 25.9. The van der Waals surface area contributed by atoms with Crippen LogP contribution < -0.4 is 5.73 Å². The Balaban J connectivity index is 1.51. The Morgan fingerprint density at radius 3 is 1.72 bits per heavy atom. The molecular weight excluding hydrogens is 635 g/mol. The van der Waals surface area contributed by atoms with Crippen molar-refractivity contribution in [2.75, 3.05) is 0 Å². The molecule has 6 aromatic carbocycles. The van der Waals surface area contributed by atoms with Gasteiger partial charge in [-0.3, -0.25) is 0 Å². The molecule has 43 heavy (non-hydrogen) atoms. The van der Waals surface area contributed by atoms with Gasteiger partial charge in [0.2, 0.25) is 0 Å². The molecule has 0 aliphatic carbocycles. The van der Waals surface area contributed by atoms with Crippen LogP contribution in [0.15, 0.2) is 144 Å². The molecule has 1 heterocycles. The molecule has 0 amide bonds. The SMILES string of the molecule is Cc1ccc(-c2c3ccccc3c(-c3ccc(-c4cccc(/C(N)=C/C=C\I)n4)c4ccccc34)c3ccccc23)cc1. The third-order valence-electron chi connectivity index (χ3n) is 8.13. The Kier molecular flexibility index (Phi) is 7.25. The van der Waals surface area contributed by atoms with Gasteiger partial charge < -0.3 is 5.73 Å². The molecule has 2 N–H and O–H groups in total. The van der Waals surface area contributed by atoms with Crippen LogP contribution in [0.5, 0.6) is 0 Å². The van der Waals surface area contributed by atoms with Crippen molar-refractivity contribution in [2.45, 2.75) is 6.92 Å². The van der Waals surface area contributed by atoms with Crippen LogP contribution in [0.4, 0.5) is 0 Å². The molecule has 0 bridgehead atoms. The van der Waals surface area contributed by atoms with E-state index in [2.05, 4.69) is 145 Å². The number of nitrogens with two attached hydrogens (primary N) is 1. The molecule has 7 rings (SSSR count). The van der Waals surface area contributed by atoms with E-state index in [1.165, 1.54) is 54.7 Å². The summed E-state index contributed by atoms with van der Waals surface area (Å²) in [5.41, 5.74) is 16.0. The number of allylic oxidation sites excluding steroid dienone is 2. The normalized spacial score (nSPS) is 12.1. The van der Waals surface area contributed by atoms with E-state index in [0.717, 1.165) is 22.3 Å². The van der Waals surface area contributed by atoms with Crippen molar-refractivity contribution in [3.8, 4) is 33.5 Å². The summed E-state index contributed by atoms with van der Waals surface area (Å²) in [5.74, 6) is 0. The van der Waals surface area contributed by atoms with Gasteiger partial charge in [0.25, 0.3) is 0 Å². The first-order chi connectivity index (χ1) is 21.1. The van der Waals surface area contributed by atoms with Crippen LogP contribution in [0.25, 0.3) is 71.5 Å². The number of rotatable bonds is 5. The topological polar surface area (TPSA) is 38.9 Å². The molecule has 206 valence electrons. The van der Waals surface area contributed by atoms with Gasteiger partial charge in [-0.2, -0.15) is 0 Å². The summed E-state index contributed by atoms with van der Waals surface area (Å²) in [6.07, 6.45) is 3.81. The molecule has 0 radical (unpaired) electrons. The van der Waals surface area contributed by atoms with Crippen molar-refractivity contribution in [2.24, 2.45) is 5.73 Å². The summed E-state index contributed by atoms with van der Waals surface area (Å²) in [7, 11) is 0. The maximum Gasteiger partial charge on any atom is 0.0866 e. The molecule has 7 aromatic rings. The van der Waals surface area contributed by atoms with Crippen LogP contribution in [0, 0.1) is 6.92 Å². The highest BCUT2D eigenvalue weighted by Gasteiger charge is 2.19. The molecular formula is C40H29IN2. The van der Waals surface area contributed by atoms with Crippen molar-refractivity contribution < 1.29 is 0 Å². The van der Waals surface area contributed by atoms with Crippen LogP contribution in [0.1, 0.15) is 11.3 Å². The number of hydrogen-bond acceptors (Lipinski definition) is 2. The zero-order valence-electron chi connectivity index (χ0n) is 23.8. The average molecular weight is 665 g/mol. The molecule has 2 nitrogen and oxygen atoms in total. The molecule has 0 fully saturated rings. The van der Waals surface area contributed by atoms with Crippen LogP contribution in [-0.4, -0.2) is 4.98 Å². The minimum absolute atomic E-state index is 0.641. The van der Waals surface area contributed by atoms with Crippen molar-refractivity contribution in [3.63, 3.8) is 0 Å². The first kappa shape index (κ1) is 27.1. The summed E-state index contributed by atoms with van der Waals surface area (Å²) in [6, 6.07) is 45.7. The number of benzene rings is 6. The molecule has 0 saturated carbocycles. The second kappa shape index (κ2) is 11.5. The predicted molar refractivity (Wildman–Crippen MR) is 193 cm³/mol. The largest absolute Gasteiger partial charge is 0.397 e. The maximum absolute atomic E-state index is 6.35. The van der Waals surface area contributed by atoms with E-state index in [4.69, 9.17) is 10.7 Å². The van der Waals surface area contributed by atoms with Gasteiger partial charge >= 0.3 is 0 Å². The number of hydrogen-bond donors (Lipinski definition) is 1. The highest BCUT2D eigenvalue weighted by molar-refractivity contribution is 14.1. The van der Waals surface area contributed by atoms with Crippen LogP contribution in [0.2, 0.25) is 0 Å². The van der Waals surface area contributed by atoms with E-state index in [-0.39, 0.29) is 0 Å². The van der Waals surface area contributed by atoms with Gasteiger partial charge in [0.15, 0.2) is 0 Å². The van der Waals surface area contributed by atoms with Crippen molar-refractivity contribution in [1.29, 1.82) is 0 Å². The quantitative estimate of drug-likeness (QED) is 0.113. The number of nitrogens with zero attached hydrogens (tertiary/aromatic N) is 1. The standard InChI is InChI=1S/C40H29IN2/c1-26-19-21-27(22-20-26)39-31-12-4-6-14-33(31)40(34-15-7-5-13-32(34)39)35-24-23-30(28-10-2-3-11-29(28)35)37-17-8-18-38(43-37)36(42)16-9-25-41/h2-25H,42H2,1H3/b25-9-,36-16-. The minimum atomic E-state index is 0.641. The monoisotopic (exact) mass is 664 g/mol. The second-order valence-electron chi connectivity index (χ2n) is 10.8. The molecule has 0 aliphatic rings. The third-order valence-corrected chi connectivity index (χ3v) is 8.55. The van der Waals surface area contributed by atoms with Crippen molar-refractivity contribution >= 4 is 60.6 Å². The molecule has 3 heteroatoms. The highest BCUT2D eigenvalue weighted by Crippen LogP contribution is 2.46. The fourth-order valence-corrected chi connectivity index (χ4v) is 6.37. The summed E-state index contributed by atoms with van der Waals surface area (Å²) < 4.78 is 1.93. The number of aryl methyl sites for hydroxylation is 1. The molecule has 0 unspecified atom stereocenters. The lowest BCUT2D eigenvalue weighted by molar-refractivity contribution is 1.26. The molecule has 0 spiro atoms. The van der Waals surface area contributed by atoms with Crippen molar-refractivity contribution in [3.05, 3.63) is 155 Å². The fraction of sp³-hybridized carbons (Fsp3) is 0.0250. The minimum Gasteiger partial charge on any atom is -0.397 e. The Hall–Kier alpha value is -4.74. The van der Waals surface area contributed by atoms with E-state index < -0.39 is 0 Å². The summed E-state index contributed by atoms with van der Waals surface area (Å²) >= 11 is 2.19. The first-order valence-corrected chi connectivity index (χ1v) is 15.6. The van der Waals surface area contributed by atoms with E-state index in [0.29, 0.717) is 5.70 Å². The average Bonchev–Trinajstić information content (AvgIpc) is 3.06. The van der Waals surface area contributed by atoms with Gasteiger partial charge in [0.1, 0.15) is 0 Å². The Morgan fingerprint density at radius 1 is 0.581 bits per heavy atom. The predicted octanol–water partition coefficient (Wildman–Crippen LogP) is 11.1. The zero-order chi connectivity index (χ0) is 29.3. The van der Waals surface area contributed by atoms with Crippen LogP contribution in [0.3, 0.4) is 0 Å². The third kappa shape index (κ3) is 4.90. The second-order valence-corrected chi connectivity index (χ2v) is 11.5. The molecule has 1 aromatic heterocycles. The van der Waals surface area contributed by atoms with E-state index in [1.54, 1.807) is 0 Å². The lowest BCUT2D eigenvalue weighted by Crippen LogP contribution is -2.00. The Morgan fingerprint density at radius 2 is 1.12 bits per heavy atom. The highest BCUT2D eigenvalue weighted by atomic mass is 127. The number of pyridine rings is 1. The van der Waals surface area contributed by atoms with Gasteiger partial charge in [0, 0.05) is 5.56 Å². The van der Waals surface area contributed by atoms with Gasteiger partial charge in [-0.15, -0.1) is 0 Å². The summed E-state index contributed by atoms with van der Waals surface area (Å²) in [4.78, 5) is 4.97. The molecule has 0 aliphatic heterocycles. The number of fused-ring (bicyclic) bond motifs is 3. The van der Waals surface area contributed by atoms with Gasteiger partial charge in [0.05, 0.1) is 17.1 Å². The molecule has 0 atom stereocenters. The number of aromatic nitrogens is 1. The Bertz CT molecular complexity index is 2150. The Labute approximate surface area is 265 Å². The van der Waals surface area contributed by atoms with Gasteiger partial charge in [-0.25, -0.2) is 4.98 Å². The van der Waals surface area contributed by atoms with Gasteiger partial charge in [-0.1, -0.05) is 149 Å². The van der Waals surface area contributed by atoms with Crippen LogP contribution in [-0.2, 0) is 0 Å². The lowest BCUT2D eigenvalue weighted by Gasteiger charge is -2.19. The number of halogens is 1. The summed E-state index contributed by atoms with van der Waals surface area (Å²) in [5, 5.41) is 7.36. The summed E-state index contributed by atoms with van der Waals surface area (Å²) in [6.45, 7) is 2.14. The van der Waals surface area contributed by atoms with Crippen LogP contribution >= 0.6 is 22.6 Å². The van der Waals surface area contributed by atoms with E-state index in [1.807, 2.05) is 28.4 Å². The van der Waals surface area contributed by atoms with E-state index in [9.17, 15) is 0 Å². The fourth-order valence-electron chi connectivity index (χ4n) is 6.16. The maximum atomic E-state index is 6.35. The van der Waals surface area contributed by atoms with Gasteiger partial charge in [-0.05, 0) is 83.8 Å².